The normalized spacial score (nSPS) is 10.8. The molecule has 2 N–H and O–H groups in total. The van der Waals surface area contributed by atoms with Crippen LogP contribution in [0.25, 0.3) is 0 Å². The lowest BCUT2D eigenvalue weighted by Crippen LogP contribution is -2.19. The maximum atomic E-state index is 4.60. The Bertz CT molecular complexity index is 639. The molecule has 117 valence electrons. The quantitative estimate of drug-likeness (QED) is 0.759. The van der Waals surface area contributed by atoms with E-state index in [9.17, 15) is 0 Å². The van der Waals surface area contributed by atoms with Crippen LogP contribution in [0.3, 0.4) is 0 Å². The van der Waals surface area contributed by atoms with Crippen LogP contribution >= 0.6 is 15.9 Å². The maximum Gasteiger partial charge on any atom is 0.229 e. The molecule has 0 aliphatic rings. The number of rotatable bonds is 6. The van der Waals surface area contributed by atoms with Crippen LogP contribution in [0.4, 0.5) is 17.5 Å². The van der Waals surface area contributed by atoms with Crippen LogP contribution in [0.5, 0.6) is 0 Å². The number of nitrogens with one attached hydrogen (secondary N) is 2. The number of aromatic nitrogens is 2. The molecule has 22 heavy (non-hydrogen) atoms. The Hall–Kier alpha value is -1.62. The molecule has 0 atom stereocenters. The first kappa shape index (κ1) is 16.7. The molecule has 0 aliphatic heterocycles. The van der Waals surface area contributed by atoms with E-state index in [2.05, 4.69) is 56.4 Å². The minimum Gasteiger partial charge on any atom is -0.367 e. The first-order valence-corrected chi connectivity index (χ1v) is 8.37. The zero-order valence-corrected chi connectivity index (χ0v) is 15.1. The molecule has 0 spiro atoms. The topological polar surface area (TPSA) is 49.8 Å². The summed E-state index contributed by atoms with van der Waals surface area (Å²) in [6.45, 7) is 8.41. The van der Waals surface area contributed by atoms with E-state index in [1.54, 1.807) is 0 Å². The van der Waals surface area contributed by atoms with E-state index in [0.29, 0.717) is 12.0 Å². The average Bonchev–Trinajstić information content (AvgIpc) is 2.51. The van der Waals surface area contributed by atoms with E-state index in [0.717, 1.165) is 39.9 Å². The van der Waals surface area contributed by atoms with Gasteiger partial charge in [-0.1, -0.05) is 13.8 Å². The van der Waals surface area contributed by atoms with E-state index >= 15 is 0 Å². The Kier molecular flexibility index (Phi) is 5.77. The Labute approximate surface area is 140 Å². The summed E-state index contributed by atoms with van der Waals surface area (Å²) in [6, 6.07) is 7.51. The summed E-state index contributed by atoms with van der Waals surface area (Å²) >= 11 is 3.45. The summed E-state index contributed by atoms with van der Waals surface area (Å²) in [5, 5.41) is 6.72. The molecule has 0 aliphatic carbocycles. The molecule has 2 rings (SSSR count). The van der Waals surface area contributed by atoms with Gasteiger partial charge in [-0.05, 0) is 66.4 Å². The van der Waals surface area contributed by atoms with E-state index in [1.165, 1.54) is 0 Å². The molecule has 0 unspecified atom stereocenters. The highest BCUT2D eigenvalue weighted by Gasteiger charge is 2.09. The minimum absolute atomic E-state index is 0.435. The molecular weight excluding hydrogens is 340 g/mol. The van der Waals surface area contributed by atoms with Crippen LogP contribution < -0.4 is 10.6 Å². The van der Waals surface area contributed by atoms with Crippen molar-refractivity contribution >= 4 is 33.4 Å². The highest BCUT2D eigenvalue weighted by atomic mass is 79.9. The van der Waals surface area contributed by atoms with Crippen molar-refractivity contribution in [2.24, 2.45) is 0 Å². The van der Waals surface area contributed by atoms with Crippen molar-refractivity contribution in [3.8, 4) is 0 Å². The van der Waals surface area contributed by atoms with Crippen LogP contribution in [-0.4, -0.2) is 16.0 Å². The van der Waals surface area contributed by atoms with Crippen LogP contribution in [0.1, 0.15) is 37.8 Å². The fraction of sp³-hybridized carbons (Fsp3) is 0.412. The zero-order valence-electron chi connectivity index (χ0n) is 13.5. The molecule has 0 saturated carbocycles. The number of aryl methyl sites for hydroxylation is 2. The number of halogens is 1. The van der Waals surface area contributed by atoms with Crippen LogP contribution in [0.2, 0.25) is 0 Å². The van der Waals surface area contributed by atoms with E-state index in [1.807, 2.05) is 32.2 Å². The standard InChI is InChI=1S/C17H22BrN4/c1-5-13(6-2)20-16-12(4)10-19-17(22-16)21-14-7-8-15(18)11(3)9-14/h7,9-10,13H,5-6H2,1-4H3,(H2,19,20,21,22). The lowest BCUT2D eigenvalue weighted by molar-refractivity contribution is 0.667. The van der Waals surface area contributed by atoms with Gasteiger partial charge in [0.15, 0.2) is 0 Å². The maximum absolute atomic E-state index is 4.60. The summed E-state index contributed by atoms with van der Waals surface area (Å²) in [6.07, 6.45) is 3.99. The van der Waals surface area contributed by atoms with Gasteiger partial charge in [0.2, 0.25) is 5.95 Å². The minimum atomic E-state index is 0.435. The van der Waals surface area contributed by atoms with Crippen molar-refractivity contribution in [3.63, 3.8) is 0 Å². The van der Waals surface area contributed by atoms with E-state index in [-0.39, 0.29) is 0 Å². The molecule has 2 aromatic rings. The predicted octanol–water partition coefficient (Wildman–Crippen LogP) is 5.00. The molecule has 1 radical (unpaired) electrons. The number of anilines is 3. The van der Waals surface area contributed by atoms with Gasteiger partial charge in [0.1, 0.15) is 5.82 Å². The largest absolute Gasteiger partial charge is 0.367 e. The highest BCUT2D eigenvalue weighted by Crippen LogP contribution is 2.22. The fourth-order valence-corrected chi connectivity index (χ4v) is 2.36. The van der Waals surface area contributed by atoms with Gasteiger partial charge < -0.3 is 10.6 Å². The Morgan fingerprint density at radius 3 is 2.59 bits per heavy atom. The molecule has 1 heterocycles. The Morgan fingerprint density at radius 2 is 1.95 bits per heavy atom. The van der Waals surface area contributed by atoms with Gasteiger partial charge in [-0.25, -0.2) is 4.98 Å². The van der Waals surface area contributed by atoms with Gasteiger partial charge in [-0.15, -0.1) is 0 Å². The zero-order chi connectivity index (χ0) is 16.1. The van der Waals surface area contributed by atoms with Gasteiger partial charge in [0.25, 0.3) is 0 Å². The summed E-state index contributed by atoms with van der Waals surface area (Å²) in [5.74, 6) is 1.48. The lowest BCUT2D eigenvalue weighted by Gasteiger charge is -2.17. The second kappa shape index (κ2) is 7.58. The van der Waals surface area contributed by atoms with Crippen molar-refractivity contribution in [2.75, 3.05) is 10.6 Å². The smallest absolute Gasteiger partial charge is 0.229 e. The molecule has 0 saturated heterocycles. The van der Waals surface area contributed by atoms with Gasteiger partial charge >= 0.3 is 0 Å². The summed E-state index contributed by atoms with van der Waals surface area (Å²) in [7, 11) is 0. The third kappa shape index (κ3) is 4.19. The molecule has 0 fully saturated rings. The summed E-state index contributed by atoms with van der Waals surface area (Å²) < 4.78 is 0.971. The first-order chi connectivity index (χ1) is 10.5. The molecule has 1 aromatic carbocycles. The third-order valence-electron chi connectivity index (χ3n) is 3.63. The van der Waals surface area contributed by atoms with Crippen LogP contribution in [0, 0.1) is 19.9 Å². The van der Waals surface area contributed by atoms with Gasteiger partial charge in [-0.2, -0.15) is 4.98 Å². The fourth-order valence-electron chi connectivity index (χ4n) is 2.13. The van der Waals surface area contributed by atoms with Gasteiger partial charge in [-0.3, -0.25) is 0 Å². The SMILES string of the molecule is CCC(CC)Nc1nc(Nc2c[c]c(Br)c(C)c2)ncc1C. The summed E-state index contributed by atoms with van der Waals surface area (Å²) in [5.41, 5.74) is 3.10. The van der Waals surface area contributed by atoms with Crippen molar-refractivity contribution < 1.29 is 0 Å². The number of benzene rings is 1. The monoisotopic (exact) mass is 361 g/mol. The molecule has 5 heteroatoms. The molecule has 0 bridgehead atoms. The van der Waals surface area contributed by atoms with E-state index < -0.39 is 0 Å². The molecular formula is C17H22BrN4. The Morgan fingerprint density at radius 1 is 1.23 bits per heavy atom. The van der Waals surface area contributed by atoms with Crippen molar-refractivity contribution in [1.82, 2.24) is 9.97 Å². The van der Waals surface area contributed by atoms with E-state index in [4.69, 9.17) is 0 Å². The number of hydrogen-bond acceptors (Lipinski definition) is 4. The number of nitrogens with zero attached hydrogens (tertiary/aromatic N) is 2. The summed E-state index contributed by atoms with van der Waals surface area (Å²) in [4.78, 5) is 8.95. The molecule has 0 amide bonds. The van der Waals surface area contributed by atoms with Gasteiger partial charge in [0, 0.05) is 28.0 Å². The molecule has 1 aromatic heterocycles. The second-order valence-electron chi connectivity index (χ2n) is 5.39. The predicted molar refractivity (Wildman–Crippen MR) is 95.8 cm³/mol. The lowest BCUT2D eigenvalue weighted by atomic mass is 10.1. The van der Waals surface area contributed by atoms with Crippen molar-refractivity contribution in [1.29, 1.82) is 0 Å². The average molecular weight is 362 g/mol. The second-order valence-corrected chi connectivity index (χ2v) is 6.19. The van der Waals surface area contributed by atoms with Crippen LogP contribution in [0.15, 0.2) is 22.8 Å². The Balaban J connectivity index is 2.19. The molecule has 4 nitrogen and oxygen atoms in total. The third-order valence-corrected chi connectivity index (χ3v) is 4.48. The first-order valence-electron chi connectivity index (χ1n) is 7.58. The van der Waals surface area contributed by atoms with Crippen molar-refractivity contribution in [2.45, 2.75) is 46.6 Å². The number of hydrogen-bond donors (Lipinski definition) is 2. The van der Waals surface area contributed by atoms with Crippen molar-refractivity contribution in [3.05, 3.63) is 40.0 Å². The highest BCUT2D eigenvalue weighted by molar-refractivity contribution is 9.10. The van der Waals surface area contributed by atoms with Crippen LogP contribution in [-0.2, 0) is 0 Å². The van der Waals surface area contributed by atoms with Gasteiger partial charge in [0.05, 0.1) is 0 Å².